The highest BCUT2D eigenvalue weighted by Crippen LogP contribution is 2.19. The summed E-state index contributed by atoms with van der Waals surface area (Å²) in [4.78, 5) is 11.7. The Kier molecular flexibility index (Phi) is 4.80. The zero-order valence-corrected chi connectivity index (χ0v) is 11.6. The number of nitrogens with one attached hydrogen (secondary N) is 2. The first-order chi connectivity index (χ1) is 9.20. The van der Waals surface area contributed by atoms with Crippen LogP contribution in [-0.2, 0) is 4.79 Å². The molecule has 1 saturated heterocycles. The van der Waals surface area contributed by atoms with Crippen LogP contribution < -0.4 is 15.4 Å². The fourth-order valence-electron chi connectivity index (χ4n) is 2.35. The van der Waals surface area contributed by atoms with E-state index < -0.39 is 0 Å². The summed E-state index contributed by atoms with van der Waals surface area (Å²) in [7, 11) is 0. The smallest absolute Gasteiger partial charge is 0.237 e. The van der Waals surface area contributed by atoms with Gasteiger partial charge in [0.2, 0.25) is 5.91 Å². The van der Waals surface area contributed by atoms with Gasteiger partial charge < -0.3 is 10.1 Å². The molecule has 104 valence electrons. The Morgan fingerprint density at radius 2 is 2.16 bits per heavy atom. The maximum absolute atomic E-state index is 11.7. The standard InChI is InChI=1S/C15H22N2O2/c1-3-19-13-8-6-12(7-9-13)11(2)17-14-5-4-10-16-15(14)18/h6-9,11,14,17H,3-5,10H2,1-2H3,(H,16,18). The fourth-order valence-corrected chi connectivity index (χ4v) is 2.35. The molecule has 0 radical (unpaired) electrons. The summed E-state index contributed by atoms with van der Waals surface area (Å²) < 4.78 is 5.42. The first-order valence-corrected chi connectivity index (χ1v) is 6.97. The van der Waals surface area contributed by atoms with Gasteiger partial charge in [0.25, 0.3) is 0 Å². The largest absolute Gasteiger partial charge is 0.494 e. The second kappa shape index (κ2) is 6.57. The van der Waals surface area contributed by atoms with E-state index in [4.69, 9.17) is 4.74 Å². The lowest BCUT2D eigenvalue weighted by Crippen LogP contribution is -2.48. The highest BCUT2D eigenvalue weighted by atomic mass is 16.5. The van der Waals surface area contributed by atoms with Crippen LogP contribution in [0.5, 0.6) is 5.75 Å². The van der Waals surface area contributed by atoms with Crippen LogP contribution in [0, 0.1) is 0 Å². The van der Waals surface area contributed by atoms with E-state index in [9.17, 15) is 4.79 Å². The number of hydrogen-bond acceptors (Lipinski definition) is 3. The molecule has 1 aliphatic rings. The van der Waals surface area contributed by atoms with Crippen molar-refractivity contribution in [3.05, 3.63) is 29.8 Å². The van der Waals surface area contributed by atoms with Crippen molar-refractivity contribution in [2.75, 3.05) is 13.2 Å². The van der Waals surface area contributed by atoms with Crippen molar-refractivity contribution in [2.24, 2.45) is 0 Å². The number of piperidine rings is 1. The minimum absolute atomic E-state index is 0.0738. The first-order valence-electron chi connectivity index (χ1n) is 6.97. The molecule has 0 bridgehead atoms. The Morgan fingerprint density at radius 1 is 1.42 bits per heavy atom. The molecule has 1 heterocycles. The average Bonchev–Trinajstić information content (AvgIpc) is 2.42. The topological polar surface area (TPSA) is 50.4 Å². The highest BCUT2D eigenvalue weighted by Gasteiger charge is 2.23. The monoisotopic (exact) mass is 262 g/mol. The molecule has 1 aliphatic heterocycles. The lowest BCUT2D eigenvalue weighted by Gasteiger charge is -2.26. The highest BCUT2D eigenvalue weighted by molar-refractivity contribution is 5.82. The van der Waals surface area contributed by atoms with Crippen LogP contribution in [-0.4, -0.2) is 25.1 Å². The van der Waals surface area contributed by atoms with Crippen molar-refractivity contribution in [1.29, 1.82) is 0 Å². The van der Waals surface area contributed by atoms with E-state index in [2.05, 4.69) is 17.6 Å². The van der Waals surface area contributed by atoms with Crippen molar-refractivity contribution in [3.8, 4) is 5.75 Å². The van der Waals surface area contributed by atoms with Crippen molar-refractivity contribution in [2.45, 2.75) is 38.8 Å². The molecule has 1 aromatic carbocycles. The summed E-state index contributed by atoms with van der Waals surface area (Å²) in [6.45, 7) is 5.53. The molecular formula is C15H22N2O2. The minimum atomic E-state index is -0.0738. The number of carbonyl (C=O) groups excluding carboxylic acids is 1. The fraction of sp³-hybridized carbons (Fsp3) is 0.533. The van der Waals surface area contributed by atoms with Crippen molar-refractivity contribution in [1.82, 2.24) is 10.6 Å². The second-order valence-corrected chi connectivity index (χ2v) is 4.88. The zero-order valence-electron chi connectivity index (χ0n) is 11.6. The Labute approximate surface area is 114 Å². The zero-order chi connectivity index (χ0) is 13.7. The maximum Gasteiger partial charge on any atom is 0.237 e. The predicted molar refractivity (Wildman–Crippen MR) is 75.2 cm³/mol. The molecule has 0 saturated carbocycles. The SMILES string of the molecule is CCOc1ccc(C(C)NC2CCCNC2=O)cc1. The normalized spacial score (nSPS) is 20.7. The summed E-state index contributed by atoms with van der Waals surface area (Å²) in [6.07, 6.45) is 1.95. The molecular weight excluding hydrogens is 240 g/mol. The van der Waals surface area contributed by atoms with Crippen LogP contribution in [0.1, 0.15) is 38.3 Å². The minimum Gasteiger partial charge on any atom is -0.494 e. The lowest BCUT2D eigenvalue weighted by atomic mass is 10.0. The van der Waals surface area contributed by atoms with Gasteiger partial charge in [-0.05, 0) is 44.4 Å². The third-order valence-corrected chi connectivity index (χ3v) is 3.43. The lowest BCUT2D eigenvalue weighted by molar-refractivity contribution is -0.124. The molecule has 19 heavy (non-hydrogen) atoms. The van der Waals surface area contributed by atoms with Gasteiger partial charge in [-0.1, -0.05) is 12.1 Å². The summed E-state index contributed by atoms with van der Waals surface area (Å²) in [5.41, 5.74) is 1.17. The van der Waals surface area contributed by atoms with E-state index in [0.29, 0.717) is 6.61 Å². The van der Waals surface area contributed by atoms with Gasteiger partial charge in [-0.2, -0.15) is 0 Å². The molecule has 0 aromatic heterocycles. The number of hydrogen-bond donors (Lipinski definition) is 2. The molecule has 4 heteroatoms. The molecule has 1 amide bonds. The summed E-state index contributed by atoms with van der Waals surface area (Å²) in [5, 5.41) is 6.28. The van der Waals surface area contributed by atoms with E-state index in [0.717, 1.165) is 25.1 Å². The van der Waals surface area contributed by atoms with E-state index >= 15 is 0 Å². The van der Waals surface area contributed by atoms with Gasteiger partial charge in [0.15, 0.2) is 0 Å². The van der Waals surface area contributed by atoms with Crippen molar-refractivity contribution < 1.29 is 9.53 Å². The Bertz CT molecular complexity index is 417. The molecule has 1 aromatic rings. The molecule has 2 N–H and O–H groups in total. The summed E-state index contributed by atoms with van der Waals surface area (Å²) >= 11 is 0. The number of benzene rings is 1. The molecule has 2 unspecified atom stereocenters. The second-order valence-electron chi connectivity index (χ2n) is 4.88. The number of carbonyl (C=O) groups is 1. The van der Waals surface area contributed by atoms with E-state index in [-0.39, 0.29) is 18.0 Å². The Morgan fingerprint density at radius 3 is 2.79 bits per heavy atom. The van der Waals surface area contributed by atoms with E-state index in [1.807, 2.05) is 31.2 Å². The van der Waals surface area contributed by atoms with E-state index in [1.54, 1.807) is 0 Å². The maximum atomic E-state index is 11.7. The molecule has 2 atom stereocenters. The van der Waals surface area contributed by atoms with Gasteiger partial charge in [0, 0.05) is 12.6 Å². The molecule has 0 spiro atoms. The van der Waals surface area contributed by atoms with E-state index in [1.165, 1.54) is 5.56 Å². The van der Waals surface area contributed by atoms with Crippen LogP contribution in [0.3, 0.4) is 0 Å². The average molecular weight is 262 g/mol. The number of rotatable bonds is 5. The predicted octanol–water partition coefficient (Wildman–Crippen LogP) is 2.01. The molecule has 2 rings (SSSR count). The van der Waals surface area contributed by atoms with Crippen LogP contribution in [0.2, 0.25) is 0 Å². The molecule has 4 nitrogen and oxygen atoms in total. The Balaban J connectivity index is 1.94. The third-order valence-electron chi connectivity index (χ3n) is 3.43. The van der Waals surface area contributed by atoms with Gasteiger partial charge in [0.05, 0.1) is 12.6 Å². The van der Waals surface area contributed by atoms with Crippen molar-refractivity contribution in [3.63, 3.8) is 0 Å². The van der Waals surface area contributed by atoms with Gasteiger partial charge in [0.1, 0.15) is 5.75 Å². The quantitative estimate of drug-likeness (QED) is 0.853. The van der Waals surface area contributed by atoms with Crippen LogP contribution in [0.4, 0.5) is 0 Å². The summed E-state index contributed by atoms with van der Waals surface area (Å²) in [5.74, 6) is 0.998. The van der Waals surface area contributed by atoms with Gasteiger partial charge in [-0.15, -0.1) is 0 Å². The van der Waals surface area contributed by atoms with Crippen molar-refractivity contribution >= 4 is 5.91 Å². The number of amides is 1. The van der Waals surface area contributed by atoms with Gasteiger partial charge >= 0.3 is 0 Å². The molecule has 0 aliphatic carbocycles. The number of ether oxygens (including phenoxy) is 1. The summed E-state index contributed by atoms with van der Waals surface area (Å²) in [6, 6.07) is 8.11. The van der Waals surface area contributed by atoms with Gasteiger partial charge in [-0.25, -0.2) is 0 Å². The first kappa shape index (κ1) is 13.9. The molecule has 1 fully saturated rings. The van der Waals surface area contributed by atoms with Crippen LogP contribution >= 0.6 is 0 Å². The third kappa shape index (κ3) is 3.70. The van der Waals surface area contributed by atoms with Crippen LogP contribution in [0.15, 0.2) is 24.3 Å². The van der Waals surface area contributed by atoms with Crippen LogP contribution in [0.25, 0.3) is 0 Å². The Hall–Kier alpha value is -1.55. The van der Waals surface area contributed by atoms with Gasteiger partial charge in [-0.3, -0.25) is 10.1 Å².